The fraction of sp³-hybridized carbons (Fsp3) is 0.375. The van der Waals surface area contributed by atoms with Crippen LogP contribution in [0.3, 0.4) is 0 Å². The summed E-state index contributed by atoms with van der Waals surface area (Å²) in [4.78, 5) is 9.15. The van der Waals surface area contributed by atoms with Crippen LogP contribution in [0.5, 0.6) is 5.75 Å². The predicted molar refractivity (Wildman–Crippen MR) is 86.5 cm³/mol. The van der Waals surface area contributed by atoms with Crippen LogP contribution >= 0.6 is 0 Å². The Hall–Kier alpha value is -2.51. The second-order valence-electron chi connectivity index (χ2n) is 5.32. The zero-order valence-corrected chi connectivity index (χ0v) is 13.7. The molecule has 0 bridgehead atoms. The van der Waals surface area contributed by atoms with Gasteiger partial charge in [-0.15, -0.1) is 0 Å². The van der Waals surface area contributed by atoms with Crippen LogP contribution in [0.1, 0.15) is 11.3 Å². The number of halogens is 3. The maximum absolute atomic E-state index is 12.9. The van der Waals surface area contributed by atoms with Gasteiger partial charge in [0.05, 0.1) is 7.11 Å². The maximum atomic E-state index is 12.9. The van der Waals surface area contributed by atoms with E-state index in [0.29, 0.717) is 13.0 Å². The smallest absolute Gasteiger partial charge is 0.433 e. The number of aromatic nitrogens is 2. The number of para-hydroxylation sites is 1. The van der Waals surface area contributed by atoms with E-state index in [1.54, 1.807) is 21.2 Å². The molecule has 0 saturated heterocycles. The highest BCUT2D eigenvalue weighted by atomic mass is 19.4. The summed E-state index contributed by atoms with van der Waals surface area (Å²) in [5.74, 6) is 0.874. The molecule has 0 atom stereocenters. The number of nitrogens with one attached hydrogen (secondary N) is 1. The summed E-state index contributed by atoms with van der Waals surface area (Å²) in [7, 11) is 4.83. The van der Waals surface area contributed by atoms with Crippen molar-refractivity contribution in [1.29, 1.82) is 0 Å². The van der Waals surface area contributed by atoms with Crippen LogP contribution in [0.15, 0.2) is 30.3 Å². The van der Waals surface area contributed by atoms with Crippen LogP contribution in [-0.4, -0.2) is 37.7 Å². The number of hydrogen-bond acceptors (Lipinski definition) is 5. The van der Waals surface area contributed by atoms with Gasteiger partial charge in [0, 0.05) is 26.7 Å². The molecule has 0 unspecified atom stereocenters. The van der Waals surface area contributed by atoms with E-state index in [0.717, 1.165) is 17.4 Å². The van der Waals surface area contributed by atoms with Crippen LogP contribution in [0.25, 0.3) is 0 Å². The lowest BCUT2D eigenvalue weighted by Gasteiger charge is -2.16. The number of methoxy groups -OCH3 is 1. The highest BCUT2D eigenvalue weighted by Crippen LogP contribution is 2.30. The third kappa shape index (κ3) is 4.50. The van der Waals surface area contributed by atoms with Crippen LogP contribution < -0.4 is 15.0 Å². The minimum Gasteiger partial charge on any atom is -0.496 e. The molecule has 24 heavy (non-hydrogen) atoms. The van der Waals surface area contributed by atoms with Gasteiger partial charge in [-0.2, -0.15) is 18.2 Å². The van der Waals surface area contributed by atoms with Crippen LogP contribution in [-0.2, 0) is 12.6 Å². The Bertz CT molecular complexity index is 689. The van der Waals surface area contributed by atoms with Gasteiger partial charge in [0.25, 0.3) is 0 Å². The molecule has 0 saturated carbocycles. The third-order valence-electron chi connectivity index (χ3n) is 3.33. The molecule has 0 aliphatic rings. The first-order valence-electron chi connectivity index (χ1n) is 7.30. The maximum Gasteiger partial charge on any atom is 0.433 e. The molecule has 0 radical (unpaired) electrons. The van der Waals surface area contributed by atoms with Crippen molar-refractivity contribution in [3.8, 4) is 5.75 Å². The second kappa shape index (κ2) is 7.37. The topological polar surface area (TPSA) is 50.3 Å². The van der Waals surface area contributed by atoms with E-state index in [-0.39, 0.29) is 11.8 Å². The molecule has 130 valence electrons. The molecule has 5 nitrogen and oxygen atoms in total. The van der Waals surface area contributed by atoms with E-state index in [9.17, 15) is 13.2 Å². The number of hydrogen-bond donors (Lipinski definition) is 1. The molecule has 2 rings (SSSR count). The van der Waals surface area contributed by atoms with Crippen molar-refractivity contribution in [2.24, 2.45) is 0 Å². The van der Waals surface area contributed by atoms with Gasteiger partial charge in [-0.3, -0.25) is 0 Å². The van der Waals surface area contributed by atoms with Crippen molar-refractivity contribution < 1.29 is 17.9 Å². The van der Waals surface area contributed by atoms with Gasteiger partial charge in [0.1, 0.15) is 11.6 Å². The summed E-state index contributed by atoms with van der Waals surface area (Å²) < 4.78 is 44.1. The van der Waals surface area contributed by atoms with Crippen LogP contribution in [0, 0.1) is 0 Å². The molecule has 0 aliphatic carbocycles. The molecular formula is C16H19F3N4O. The number of alkyl halides is 3. The highest BCUT2D eigenvalue weighted by molar-refractivity contribution is 5.44. The number of rotatable bonds is 6. The molecule has 1 aromatic carbocycles. The first kappa shape index (κ1) is 17.8. The molecule has 1 N–H and O–H groups in total. The number of ether oxygens (including phenoxy) is 1. The Morgan fingerprint density at radius 3 is 2.50 bits per heavy atom. The lowest BCUT2D eigenvalue weighted by atomic mass is 10.1. The molecular weight excluding hydrogens is 321 g/mol. The minimum absolute atomic E-state index is 0.0524. The van der Waals surface area contributed by atoms with E-state index in [4.69, 9.17) is 4.74 Å². The fourth-order valence-electron chi connectivity index (χ4n) is 2.11. The van der Waals surface area contributed by atoms with Gasteiger partial charge >= 0.3 is 6.18 Å². The summed E-state index contributed by atoms with van der Waals surface area (Å²) in [6.07, 6.45) is -3.95. The molecule has 1 aromatic heterocycles. The average Bonchev–Trinajstić information content (AvgIpc) is 2.54. The molecule has 2 aromatic rings. The molecule has 0 fully saturated rings. The average molecular weight is 340 g/mol. The zero-order valence-electron chi connectivity index (χ0n) is 13.7. The van der Waals surface area contributed by atoms with Gasteiger partial charge in [0.15, 0.2) is 5.69 Å². The molecule has 0 aliphatic heterocycles. The monoisotopic (exact) mass is 340 g/mol. The first-order valence-corrected chi connectivity index (χ1v) is 7.30. The molecule has 8 heteroatoms. The van der Waals surface area contributed by atoms with Gasteiger partial charge in [-0.05, 0) is 18.1 Å². The van der Waals surface area contributed by atoms with Gasteiger partial charge in [-0.25, -0.2) is 4.98 Å². The van der Waals surface area contributed by atoms with Gasteiger partial charge < -0.3 is 15.0 Å². The predicted octanol–water partition coefficient (Wildman–Crippen LogP) is 3.22. The van der Waals surface area contributed by atoms with E-state index < -0.39 is 11.9 Å². The van der Waals surface area contributed by atoms with Crippen molar-refractivity contribution in [2.45, 2.75) is 12.6 Å². The number of benzene rings is 1. The quantitative estimate of drug-likeness (QED) is 0.875. The van der Waals surface area contributed by atoms with Crippen LogP contribution in [0.4, 0.5) is 24.9 Å². The second-order valence-corrected chi connectivity index (χ2v) is 5.32. The highest BCUT2D eigenvalue weighted by Gasteiger charge is 2.33. The molecule has 0 amide bonds. The largest absolute Gasteiger partial charge is 0.496 e. The van der Waals surface area contributed by atoms with E-state index >= 15 is 0 Å². The van der Waals surface area contributed by atoms with Crippen molar-refractivity contribution in [1.82, 2.24) is 9.97 Å². The minimum atomic E-state index is -4.52. The summed E-state index contributed by atoms with van der Waals surface area (Å²) in [5, 5.41) is 2.85. The Morgan fingerprint density at radius 1 is 1.17 bits per heavy atom. The van der Waals surface area contributed by atoms with Crippen molar-refractivity contribution in [2.75, 3.05) is 38.0 Å². The van der Waals surface area contributed by atoms with E-state index in [1.165, 1.54) is 4.90 Å². The van der Waals surface area contributed by atoms with Crippen molar-refractivity contribution in [3.05, 3.63) is 41.6 Å². The normalized spacial score (nSPS) is 11.2. The Labute approximate surface area is 138 Å². The Balaban J connectivity index is 2.13. The lowest BCUT2D eigenvalue weighted by Crippen LogP contribution is -2.18. The summed E-state index contributed by atoms with van der Waals surface area (Å²) in [6, 6.07) is 8.39. The van der Waals surface area contributed by atoms with Crippen molar-refractivity contribution >= 4 is 11.8 Å². The van der Waals surface area contributed by atoms with Crippen molar-refractivity contribution in [3.63, 3.8) is 0 Å². The van der Waals surface area contributed by atoms with Gasteiger partial charge in [-0.1, -0.05) is 18.2 Å². The molecule has 0 spiro atoms. The Kier molecular flexibility index (Phi) is 5.48. The summed E-state index contributed by atoms with van der Waals surface area (Å²) in [5.41, 5.74) is -0.0201. The summed E-state index contributed by atoms with van der Waals surface area (Å²) >= 11 is 0. The van der Waals surface area contributed by atoms with Crippen LogP contribution in [0.2, 0.25) is 0 Å². The molecule has 1 heterocycles. The SMILES string of the molecule is COc1ccccc1CCNc1nc(N(C)C)cc(C(F)(F)F)n1. The summed E-state index contributed by atoms with van der Waals surface area (Å²) in [6.45, 7) is 0.383. The number of nitrogens with zero attached hydrogens (tertiary/aromatic N) is 3. The van der Waals surface area contributed by atoms with E-state index in [2.05, 4.69) is 15.3 Å². The number of anilines is 2. The third-order valence-corrected chi connectivity index (χ3v) is 3.33. The Morgan fingerprint density at radius 2 is 1.88 bits per heavy atom. The standard InChI is InChI=1S/C16H19F3N4O/c1-23(2)14-10-13(16(17,18)19)21-15(22-14)20-9-8-11-6-4-5-7-12(11)24-3/h4-7,10H,8-9H2,1-3H3,(H,20,21,22). The first-order chi connectivity index (χ1) is 11.3. The van der Waals surface area contributed by atoms with E-state index in [1.807, 2.05) is 24.3 Å². The van der Waals surface area contributed by atoms with Gasteiger partial charge in [0.2, 0.25) is 5.95 Å². The fourth-order valence-corrected chi connectivity index (χ4v) is 2.11. The zero-order chi connectivity index (χ0) is 17.7. The lowest BCUT2D eigenvalue weighted by molar-refractivity contribution is -0.141.